The Hall–Kier alpha value is -1.13. The van der Waals surface area contributed by atoms with Gasteiger partial charge in [-0.1, -0.05) is 18.6 Å². The van der Waals surface area contributed by atoms with Gasteiger partial charge in [0.15, 0.2) is 0 Å². The first-order valence-electron chi connectivity index (χ1n) is 8.26. The molecule has 1 aromatic rings. The van der Waals surface area contributed by atoms with Crippen molar-refractivity contribution in [1.29, 1.82) is 0 Å². The van der Waals surface area contributed by atoms with E-state index in [-0.39, 0.29) is 5.82 Å². The Morgan fingerprint density at radius 3 is 2.71 bits per heavy atom. The number of anilines is 1. The summed E-state index contributed by atoms with van der Waals surface area (Å²) >= 11 is 0. The number of para-hydroxylation sites is 1. The van der Waals surface area contributed by atoms with Crippen molar-refractivity contribution in [1.82, 2.24) is 4.90 Å². The lowest BCUT2D eigenvalue weighted by Gasteiger charge is -2.32. The van der Waals surface area contributed by atoms with Crippen LogP contribution in [0, 0.1) is 5.82 Å². The Balaban J connectivity index is 1.73. The first-order valence-corrected chi connectivity index (χ1v) is 8.26. The fourth-order valence-electron chi connectivity index (χ4n) is 3.80. The zero-order valence-corrected chi connectivity index (χ0v) is 12.7. The molecule has 2 heterocycles. The molecule has 0 saturated carbocycles. The fraction of sp³-hybridized carbons (Fsp3) is 0.647. The molecule has 0 radical (unpaired) electrons. The third-order valence-corrected chi connectivity index (χ3v) is 4.87. The second-order valence-corrected chi connectivity index (χ2v) is 6.27. The third kappa shape index (κ3) is 3.22. The van der Waals surface area contributed by atoms with Crippen molar-refractivity contribution < 1.29 is 4.39 Å². The van der Waals surface area contributed by atoms with Gasteiger partial charge in [0.25, 0.3) is 0 Å². The van der Waals surface area contributed by atoms with Crippen LogP contribution in [0.4, 0.5) is 10.1 Å². The molecule has 1 atom stereocenters. The topological polar surface area (TPSA) is 32.5 Å². The van der Waals surface area contributed by atoms with Gasteiger partial charge in [-0.05, 0) is 56.9 Å². The van der Waals surface area contributed by atoms with Crippen LogP contribution >= 0.6 is 0 Å². The smallest absolute Gasteiger partial charge is 0.146 e. The van der Waals surface area contributed by atoms with E-state index in [1.165, 1.54) is 32.4 Å². The van der Waals surface area contributed by atoms with Crippen molar-refractivity contribution in [3.63, 3.8) is 0 Å². The highest BCUT2D eigenvalue weighted by molar-refractivity contribution is 5.56. The van der Waals surface area contributed by atoms with Gasteiger partial charge < -0.3 is 10.6 Å². The van der Waals surface area contributed by atoms with Crippen molar-refractivity contribution in [2.75, 3.05) is 37.6 Å². The molecule has 0 aliphatic carbocycles. The lowest BCUT2D eigenvalue weighted by atomic mass is 10.1. The third-order valence-electron chi connectivity index (χ3n) is 4.87. The molecular weight excluding hydrogens is 265 g/mol. The van der Waals surface area contributed by atoms with Crippen LogP contribution in [-0.2, 0) is 6.42 Å². The molecule has 1 unspecified atom stereocenters. The van der Waals surface area contributed by atoms with Gasteiger partial charge in [0, 0.05) is 19.1 Å². The monoisotopic (exact) mass is 291 g/mol. The number of piperidine rings is 1. The van der Waals surface area contributed by atoms with E-state index in [0.29, 0.717) is 12.6 Å². The zero-order valence-electron chi connectivity index (χ0n) is 12.7. The van der Waals surface area contributed by atoms with Gasteiger partial charge in [-0.3, -0.25) is 4.90 Å². The van der Waals surface area contributed by atoms with Gasteiger partial charge in [-0.2, -0.15) is 0 Å². The van der Waals surface area contributed by atoms with Crippen molar-refractivity contribution >= 4 is 5.69 Å². The number of benzene rings is 1. The summed E-state index contributed by atoms with van der Waals surface area (Å²) in [6.45, 7) is 4.91. The number of rotatable bonds is 4. The molecule has 21 heavy (non-hydrogen) atoms. The summed E-state index contributed by atoms with van der Waals surface area (Å²) in [4.78, 5) is 4.84. The second-order valence-electron chi connectivity index (χ2n) is 6.27. The summed E-state index contributed by atoms with van der Waals surface area (Å²) in [5.74, 6) is -0.0970. The quantitative estimate of drug-likeness (QED) is 0.924. The van der Waals surface area contributed by atoms with Crippen molar-refractivity contribution in [3.05, 3.63) is 29.6 Å². The number of hydrogen-bond donors (Lipinski definition) is 1. The summed E-state index contributed by atoms with van der Waals surface area (Å²) in [5.41, 5.74) is 7.52. The van der Waals surface area contributed by atoms with Crippen LogP contribution in [0.5, 0.6) is 0 Å². The molecule has 2 fully saturated rings. The first kappa shape index (κ1) is 14.8. The normalized spacial score (nSPS) is 23.7. The Bertz CT molecular complexity index is 471. The largest absolute Gasteiger partial charge is 0.367 e. The molecule has 2 aliphatic rings. The summed E-state index contributed by atoms with van der Waals surface area (Å²) in [6.07, 6.45) is 5.89. The molecule has 1 aromatic carbocycles. The fourth-order valence-corrected chi connectivity index (χ4v) is 3.80. The molecular formula is C17H26FN3. The minimum atomic E-state index is -0.0970. The minimum Gasteiger partial charge on any atom is -0.367 e. The maximum atomic E-state index is 14.3. The van der Waals surface area contributed by atoms with Crippen molar-refractivity contribution in [2.45, 2.75) is 38.1 Å². The molecule has 3 rings (SSSR count). The van der Waals surface area contributed by atoms with Gasteiger partial charge in [-0.15, -0.1) is 0 Å². The van der Waals surface area contributed by atoms with Crippen LogP contribution in [-0.4, -0.2) is 43.7 Å². The van der Waals surface area contributed by atoms with Gasteiger partial charge in [0.1, 0.15) is 5.82 Å². The zero-order chi connectivity index (χ0) is 14.7. The maximum absolute atomic E-state index is 14.3. The molecule has 0 bridgehead atoms. The van der Waals surface area contributed by atoms with E-state index in [9.17, 15) is 4.39 Å². The van der Waals surface area contributed by atoms with Gasteiger partial charge in [-0.25, -0.2) is 4.39 Å². The standard InChI is InChI=1S/C17H26FN3/c18-16-6-4-5-14(7-9-19)17(16)21-12-8-15(13-21)20-10-2-1-3-11-20/h4-6,15H,1-3,7-13,19H2. The van der Waals surface area contributed by atoms with E-state index >= 15 is 0 Å². The SMILES string of the molecule is NCCc1cccc(F)c1N1CCC(N2CCCCC2)C1. The van der Waals surface area contributed by atoms with Crippen molar-refractivity contribution in [2.24, 2.45) is 5.73 Å². The second kappa shape index (κ2) is 6.75. The summed E-state index contributed by atoms with van der Waals surface area (Å²) in [5, 5.41) is 0. The Kier molecular flexibility index (Phi) is 4.76. The van der Waals surface area contributed by atoms with Gasteiger partial charge in [0.2, 0.25) is 0 Å². The number of likely N-dealkylation sites (tertiary alicyclic amines) is 1. The van der Waals surface area contributed by atoms with Gasteiger partial charge >= 0.3 is 0 Å². The Morgan fingerprint density at radius 2 is 1.95 bits per heavy atom. The van der Waals surface area contributed by atoms with Crippen LogP contribution in [0.25, 0.3) is 0 Å². The molecule has 2 saturated heterocycles. The van der Waals surface area contributed by atoms with E-state index in [2.05, 4.69) is 9.80 Å². The highest BCUT2D eigenvalue weighted by atomic mass is 19.1. The number of hydrogen-bond acceptors (Lipinski definition) is 3. The van der Waals surface area contributed by atoms with Crippen LogP contribution in [0.15, 0.2) is 18.2 Å². The summed E-state index contributed by atoms with van der Waals surface area (Å²) in [6, 6.07) is 5.97. The Morgan fingerprint density at radius 1 is 1.14 bits per heavy atom. The van der Waals surface area contributed by atoms with E-state index in [1.807, 2.05) is 6.07 Å². The molecule has 2 N–H and O–H groups in total. The molecule has 0 aromatic heterocycles. The summed E-state index contributed by atoms with van der Waals surface area (Å²) < 4.78 is 14.3. The Labute approximate surface area is 126 Å². The molecule has 0 amide bonds. The average molecular weight is 291 g/mol. The molecule has 0 spiro atoms. The lowest BCUT2D eigenvalue weighted by Crippen LogP contribution is -2.41. The molecule has 116 valence electrons. The molecule has 3 nitrogen and oxygen atoms in total. The first-order chi connectivity index (χ1) is 10.3. The van der Waals surface area contributed by atoms with E-state index in [0.717, 1.165) is 37.2 Å². The van der Waals surface area contributed by atoms with Gasteiger partial charge in [0.05, 0.1) is 5.69 Å². The van der Waals surface area contributed by atoms with Crippen LogP contribution in [0.1, 0.15) is 31.2 Å². The highest BCUT2D eigenvalue weighted by Gasteiger charge is 2.30. The lowest BCUT2D eigenvalue weighted by molar-refractivity contribution is 0.175. The van der Waals surface area contributed by atoms with Crippen LogP contribution in [0.2, 0.25) is 0 Å². The van der Waals surface area contributed by atoms with Crippen molar-refractivity contribution in [3.8, 4) is 0 Å². The number of nitrogens with zero attached hydrogens (tertiary/aromatic N) is 2. The van der Waals surface area contributed by atoms with Crippen LogP contribution in [0.3, 0.4) is 0 Å². The predicted octanol–water partition coefficient (Wildman–Crippen LogP) is 2.39. The highest BCUT2D eigenvalue weighted by Crippen LogP contribution is 2.30. The average Bonchev–Trinajstić information content (AvgIpc) is 2.98. The van der Waals surface area contributed by atoms with E-state index in [4.69, 9.17) is 5.73 Å². The molecule has 2 aliphatic heterocycles. The minimum absolute atomic E-state index is 0.0970. The van der Waals surface area contributed by atoms with E-state index in [1.54, 1.807) is 12.1 Å². The predicted molar refractivity (Wildman–Crippen MR) is 85.2 cm³/mol. The maximum Gasteiger partial charge on any atom is 0.146 e. The molecule has 4 heteroatoms. The van der Waals surface area contributed by atoms with Crippen LogP contribution < -0.4 is 10.6 Å². The number of nitrogens with two attached hydrogens (primary N) is 1. The van der Waals surface area contributed by atoms with E-state index < -0.39 is 0 Å². The summed E-state index contributed by atoms with van der Waals surface area (Å²) in [7, 11) is 0. The number of halogens is 1.